The molecule has 2 aromatic heterocycles. The standard InChI is InChI=1S/C18H19N3O3S/c1-24-9-8-21(12-13-5-4-10-25-13)17(22)11-16-14-6-2-3-7-15(14)18(23)20-19-16/h2-7,10H,8-9,11-12H2,1H3,(H,20,23). The molecule has 2 heterocycles. The first kappa shape index (κ1) is 17.3. The average Bonchev–Trinajstić information content (AvgIpc) is 3.14. The van der Waals surface area contributed by atoms with Crippen LogP contribution in [0.4, 0.5) is 0 Å². The van der Waals surface area contributed by atoms with Crippen LogP contribution < -0.4 is 5.56 Å². The highest BCUT2D eigenvalue weighted by Crippen LogP contribution is 2.16. The Kier molecular flexibility index (Phi) is 5.57. The number of thiophene rings is 1. The minimum absolute atomic E-state index is 0.0462. The van der Waals surface area contributed by atoms with Crippen LogP contribution in [0.1, 0.15) is 10.6 Å². The second kappa shape index (κ2) is 8.04. The number of amides is 1. The highest BCUT2D eigenvalue weighted by atomic mass is 32.1. The fourth-order valence-electron chi connectivity index (χ4n) is 2.65. The molecule has 3 aromatic rings. The Hall–Kier alpha value is -2.51. The first-order valence-electron chi connectivity index (χ1n) is 7.94. The number of H-pyrrole nitrogens is 1. The van der Waals surface area contributed by atoms with Gasteiger partial charge in [-0.25, -0.2) is 5.10 Å². The molecule has 0 radical (unpaired) electrons. The third kappa shape index (κ3) is 4.12. The largest absolute Gasteiger partial charge is 0.383 e. The van der Waals surface area contributed by atoms with E-state index in [2.05, 4.69) is 10.2 Å². The van der Waals surface area contributed by atoms with Crippen molar-refractivity contribution in [3.05, 3.63) is 62.7 Å². The Labute approximate surface area is 149 Å². The Morgan fingerprint density at radius 2 is 2.04 bits per heavy atom. The minimum atomic E-state index is -0.248. The summed E-state index contributed by atoms with van der Waals surface area (Å²) in [5, 5.41) is 9.81. The van der Waals surface area contributed by atoms with Gasteiger partial charge in [-0.15, -0.1) is 11.3 Å². The maximum Gasteiger partial charge on any atom is 0.272 e. The minimum Gasteiger partial charge on any atom is -0.383 e. The van der Waals surface area contributed by atoms with Crippen LogP contribution in [-0.4, -0.2) is 41.3 Å². The molecule has 0 unspecified atom stereocenters. The van der Waals surface area contributed by atoms with E-state index in [9.17, 15) is 9.59 Å². The van der Waals surface area contributed by atoms with Crippen molar-refractivity contribution in [2.24, 2.45) is 0 Å². The number of rotatable bonds is 7. The van der Waals surface area contributed by atoms with Crippen LogP contribution in [0, 0.1) is 0 Å². The first-order valence-corrected chi connectivity index (χ1v) is 8.82. The summed E-state index contributed by atoms with van der Waals surface area (Å²) in [6, 6.07) is 11.2. The molecule has 7 heteroatoms. The van der Waals surface area contributed by atoms with Gasteiger partial charge in [-0.05, 0) is 17.5 Å². The molecule has 0 spiro atoms. The molecular formula is C18H19N3O3S. The molecule has 0 saturated carbocycles. The number of hydrogen-bond donors (Lipinski definition) is 1. The van der Waals surface area contributed by atoms with Gasteiger partial charge >= 0.3 is 0 Å². The molecule has 0 aliphatic heterocycles. The summed E-state index contributed by atoms with van der Waals surface area (Å²) in [6.07, 6.45) is 0.131. The smallest absolute Gasteiger partial charge is 0.272 e. The molecule has 6 nitrogen and oxygen atoms in total. The molecule has 1 aromatic carbocycles. The number of nitrogens with zero attached hydrogens (tertiary/aromatic N) is 2. The number of hydrogen-bond acceptors (Lipinski definition) is 5. The number of aromatic amines is 1. The average molecular weight is 357 g/mol. The van der Waals surface area contributed by atoms with Crippen LogP contribution in [0.15, 0.2) is 46.6 Å². The number of aromatic nitrogens is 2. The molecular weight excluding hydrogens is 338 g/mol. The fraction of sp³-hybridized carbons (Fsp3) is 0.278. The molecule has 25 heavy (non-hydrogen) atoms. The maximum atomic E-state index is 12.8. The van der Waals surface area contributed by atoms with Crippen molar-refractivity contribution >= 4 is 28.0 Å². The molecule has 1 N–H and O–H groups in total. The van der Waals surface area contributed by atoms with Gasteiger partial charge in [0.05, 0.1) is 30.7 Å². The molecule has 0 aliphatic carbocycles. The van der Waals surface area contributed by atoms with Gasteiger partial charge < -0.3 is 9.64 Å². The van der Waals surface area contributed by atoms with Gasteiger partial charge in [-0.3, -0.25) is 9.59 Å². The normalized spacial score (nSPS) is 10.9. The summed E-state index contributed by atoms with van der Waals surface area (Å²) in [6.45, 7) is 1.52. The summed E-state index contributed by atoms with van der Waals surface area (Å²) in [5.74, 6) is -0.0462. The number of ether oxygens (including phenoxy) is 1. The van der Waals surface area contributed by atoms with Gasteiger partial charge in [0.25, 0.3) is 5.56 Å². The molecule has 1 amide bonds. The van der Waals surface area contributed by atoms with Gasteiger partial charge in [0.1, 0.15) is 0 Å². The maximum absolute atomic E-state index is 12.8. The Balaban J connectivity index is 1.83. The van der Waals surface area contributed by atoms with Crippen LogP contribution in [-0.2, 0) is 22.5 Å². The molecule has 0 atom stereocenters. The molecule has 0 saturated heterocycles. The first-order chi connectivity index (χ1) is 12.2. The van der Waals surface area contributed by atoms with Gasteiger partial charge in [-0.2, -0.15) is 5.10 Å². The second-order valence-electron chi connectivity index (χ2n) is 5.61. The SMILES string of the molecule is COCCN(Cc1cccs1)C(=O)Cc1n[nH]c(=O)c2ccccc12. The molecule has 3 rings (SSSR count). The van der Waals surface area contributed by atoms with Crippen molar-refractivity contribution in [2.45, 2.75) is 13.0 Å². The summed E-state index contributed by atoms with van der Waals surface area (Å²) in [4.78, 5) is 27.6. The van der Waals surface area contributed by atoms with E-state index in [1.165, 1.54) is 0 Å². The van der Waals surface area contributed by atoms with E-state index in [4.69, 9.17) is 4.74 Å². The van der Waals surface area contributed by atoms with Gasteiger partial charge in [0.15, 0.2) is 0 Å². The number of benzene rings is 1. The monoisotopic (exact) mass is 357 g/mol. The van der Waals surface area contributed by atoms with Crippen molar-refractivity contribution in [1.29, 1.82) is 0 Å². The number of nitrogens with one attached hydrogen (secondary N) is 1. The van der Waals surface area contributed by atoms with Crippen LogP contribution >= 0.6 is 11.3 Å². The van der Waals surface area contributed by atoms with Crippen LogP contribution in [0.2, 0.25) is 0 Å². The predicted octanol–water partition coefficient (Wildman–Crippen LogP) is 2.20. The van der Waals surface area contributed by atoms with Crippen molar-refractivity contribution in [3.63, 3.8) is 0 Å². The second-order valence-corrected chi connectivity index (χ2v) is 6.64. The highest BCUT2D eigenvalue weighted by Gasteiger charge is 2.17. The van der Waals surface area contributed by atoms with Gasteiger partial charge in [0, 0.05) is 23.9 Å². The Bertz CT molecular complexity index is 905. The van der Waals surface area contributed by atoms with E-state index in [0.29, 0.717) is 36.2 Å². The zero-order valence-corrected chi connectivity index (χ0v) is 14.7. The van der Waals surface area contributed by atoms with Crippen molar-refractivity contribution in [1.82, 2.24) is 15.1 Å². The third-order valence-corrected chi connectivity index (χ3v) is 4.80. The lowest BCUT2D eigenvalue weighted by molar-refractivity contribution is -0.131. The van der Waals surface area contributed by atoms with Gasteiger partial charge in [-0.1, -0.05) is 24.3 Å². The lowest BCUT2D eigenvalue weighted by atomic mass is 10.1. The fourth-order valence-corrected chi connectivity index (χ4v) is 3.36. The van der Waals surface area contributed by atoms with E-state index in [0.717, 1.165) is 4.88 Å². The van der Waals surface area contributed by atoms with Crippen LogP contribution in [0.5, 0.6) is 0 Å². The highest BCUT2D eigenvalue weighted by molar-refractivity contribution is 7.09. The molecule has 0 aliphatic rings. The Morgan fingerprint density at radius 1 is 1.24 bits per heavy atom. The topological polar surface area (TPSA) is 75.3 Å². The quantitative estimate of drug-likeness (QED) is 0.703. The predicted molar refractivity (Wildman–Crippen MR) is 97.7 cm³/mol. The number of carbonyl (C=O) groups is 1. The summed E-state index contributed by atoms with van der Waals surface area (Å²) in [5.41, 5.74) is 0.329. The van der Waals surface area contributed by atoms with Crippen molar-refractivity contribution < 1.29 is 9.53 Å². The molecule has 130 valence electrons. The van der Waals surface area contributed by atoms with Crippen molar-refractivity contribution in [2.75, 3.05) is 20.3 Å². The lowest BCUT2D eigenvalue weighted by Gasteiger charge is -2.22. The van der Waals surface area contributed by atoms with E-state index < -0.39 is 0 Å². The summed E-state index contributed by atoms with van der Waals surface area (Å²) < 4.78 is 5.12. The zero-order valence-electron chi connectivity index (χ0n) is 13.9. The van der Waals surface area contributed by atoms with E-state index in [-0.39, 0.29) is 17.9 Å². The van der Waals surface area contributed by atoms with Crippen LogP contribution in [0.25, 0.3) is 10.8 Å². The number of carbonyl (C=O) groups excluding carboxylic acids is 1. The van der Waals surface area contributed by atoms with E-state index >= 15 is 0 Å². The summed E-state index contributed by atoms with van der Waals surface area (Å²) >= 11 is 1.62. The zero-order chi connectivity index (χ0) is 17.6. The third-order valence-electron chi connectivity index (χ3n) is 3.94. The molecule has 0 bridgehead atoms. The molecule has 0 fully saturated rings. The van der Waals surface area contributed by atoms with Crippen LogP contribution in [0.3, 0.4) is 0 Å². The number of methoxy groups -OCH3 is 1. The van der Waals surface area contributed by atoms with Crippen molar-refractivity contribution in [3.8, 4) is 0 Å². The van der Waals surface area contributed by atoms with Gasteiger partial charge in [0.2, 0.25) is 5.91 Å². The Morgan fingerprint density at radius 3 is 2.76 bits per heavy atom. The van der Waals surface area contributed by atoms with E-state index in [1.807, 2.05) is 29.6 Å². The number of fused-ring (bicyclic) bond motifs is 1. The van der Waals surface area contributed by atoms with E-state index in [1.54, 1.807) is 35.5 Å². The lowest BCUT2D eigenvalue weighted by Crippen LogP contribution is -2.34. The summed E-state index contributed by atoms with van der Waals surface area (Å²) in [7, 11) is 1.62.